The molecular weight excluding hydrogens is 374 g/mol. The molecule has 2 atom stereocenters. The van der Waals surface area contributed by atoms with Gasteiger partial charge in [-0.1, -0.05) is 36.7 Å². The average molecular weight is 406 g/mol. The standard InChI is InChI=1S/C22H32ClN3O2/c1-16-6-5-11-26(15-16)22(28)18-9-12-25(13-10-18)21(27)14-24-17(2)19-7-3-4-8-20(19)23/h3-4,7-8,16-18,24H,5-6,9-15H2,1-2H3. The van der Waals surface area contributed by atoms with Crippen molar-refractivity contribution in [3.05, 3.63) is 34.9 Å². The lowest BCUT2D eigenvalue weighted by Crippen LogP contribution is -2.48. The maximum atomic E-state index is 12.8. The Bertz CT molecular complexity index is 688. The van der Waals surface area contributed by atoms with Crippen LogP contribution in [0.3, 0.4) is 0 Å². The van der Waals surface area contributed by atoms with Crippen LogP contribution in [0.5, 0.6) is 0 Å². The first-order chi connectivity index (χ1) is 13.5. The van der Waals surface area contributed by atoms with Gasteiger partial charge in [-0.3, -0.25) is 9.59 Å². The normalized spacial score (nSPS) is 22.2. The van der Waals surface area contributed by atoms with Gasteiger partial charge in [-0.2, -0.15) is 0 Å². The van der Waals surface area contributed by atoms with E-state index in [1.165, 1.54) is 6.42 Å². The third-order valence-corrected chi connectivity index (χ3v) is 6.44. The number of piperidine rings is 2. The van der Waals surface area contributed by atoms with Gasteiger partial charge in [0.15, 0.2) is 0 Å². The number of carbonyl (C=O) groups is 2. The molecule has 6 heteroatoms. The first-order valence-electron chi connectivity index (χ1n) is 10.5. The van der Waals surface area contributed by atoms with Crippen LogP contribution in [0, 0.1) is 11.8 Å². The van der Waals surface area contributed by atoms with Gasteiger partial charge < -0.3 is 15.1 Å². The fourth-order valence-corrected chi connectivity index (χ4v) is 4.61. The highest BCUT2D eigenvalue weighted by atomic mass is 35.5. The monoisotopic (exact) mass is 405 g/mol. The smallest absolute Gasteiger partial charge is 0.236 e. The summed E-state index contributed by atoms with van der Waals surface area (Å²) in [5.41, 5.74) is 0.997. The van der Waals surface area contributed by atoms with E-state index in [1.54, 1.807) is 0 Å². The van der Waals surface area contributed by atoms with E-state index in [0.29, 0.717) is 29.9 Å². The third kappa shape index (κ3) is 5.26. The molecule has 2 saturated heterocycles. The van der Waals surface area contributed by atoms with Crippen molar-refractivity contribution in [1.82, 2.24) is 15.1 Å². The first-order valence-corrected chi connectivity index (χ1v) is 10.9. The van der Waals surface area contributed by atoms with E-state index in [-0.39, 0.29) is 24.4 Å². The number of rotatable bonds is 5. The van der Waals surface area contributed by atoms with Crippen LogP contribution in [0.15, 0.2) is 24.3 Å². The van der Waals surface area contributed by atoms with Crippen LogP contribution in [0.2, 0.25) is 5.02 Å². The molecule has 2 heterocycles. The molecule has 1 N–H and O–H groups in total. The predicted molar refractivity (Wildman–Crippen MR) is 112 cm³/mol. The molecule has 0 aliphatic carbocycles. The van der Waals surface area contributed by atoms with Gasteiger partial charge in [0.05, 0.1) is 6.54 Å². The van der Waals surface area contributed by atoms with Gasteiger partial charge in [-0.25, -0.2) is 0 Å². The molecule has 1 aromatic carbocycles. The van der Waals surface area contributed by atoms with Gasteiger partial charge in [0, 0.05) is 43.2 Å². The molecule has 28 heavy (non-hydrogen) atoms. The van der Waals surface area contributed by atoms with Crippen LogP contribution in [-0.2, 0) is 9.59 Å². The second-order valence-electron chi connectivity index (χ2n) is 8.31. The zero-order chi connectivity index (χ0) is 20.1. The maximum Gasteiger partial charge on any atom is 0.236 e. The van der Waals surface area contributed by atoms with Crippen LogP contribution in [0.25, 0.3) is 0 Å². The lowest BCUT2D eigenvalue weighted by Gasteiger charge is -2.37. The summed E-state index contributed by atoms with van der Waals surface area (Å²) < 4.78 is 0. The van der Waals surface area contributed by atoms with E-state index in [0.717, 1.165) is 37.9 Å². The first kappa shape index (κ1) is 21.1. The van der Waals surface area contributed by atoms with Crippen LogP contribution in [-0.4, -0.2) is 54.3 Å². The Labute approximate surface area is 173 Å². The van der Waals surface area contributed by atoms with Crippen molar-refractivity contribution in [2.24, 2.45) is 11.8 Å². The molecule has 1 aromatic rings. The molecule has 0 spiro atoms. The summed E-state index contributed by atoms with van der Waals surface area (Å²) in [6.07, 6.45) is 3.88. The molecule has 154 valence electrons. The van der Waals surface area contributed by atoms with E-state index in [9.17, 15) is 9.59 Å². The summed E-state index contributed by atoms with van der Waals surface area (Å²) in [4.78, 5) is 29.3. The number of likely N-dealkylation sites (tertiary alicyclic amines) is 2. The van der Waals surface area contributed by atoms with Crippen molar-refractivity contribution < 1.29 is 9.59 Å². The molecule has 2 aliphatic rings. The SMILES string of the molecule is CC1CCCN(C(=O)C2CCN(C(=O)CNC(C)c3ccccc3Cl)CC2)C1. The molecule has 2 aliphatic heterocycles. The number of hydrogen-bond acceptors (Lipinski definition) is 3. The van der Waals surface area contributed by atoms with Crippen LogP contribution in [0.4, 0.5) is 0 Å². The molecule has 5 nitrogen and oxygen atoms in total. The maximum absolute atomic E-state index is 12.8. The lowest BCUT2D eigenvalue weighted by atomic mass is 9.92. The Morgan fingerprint density at radius 3 is 2.54 bits per heavy atom. The van der Waals surface area contributed by atoms with E-state index in [4.69, 9.17) is 11.6 Å². The summed E-state index contributed by atoms with van der Waals surface area (Å²) in [6.45, 7) is 7.64. The van der Waals surface area contributed by atoms with Crippen molar-refractivity contribution in [3.63, 3.8) is 0 Å². The summed E-state index contributed by atoms with van der Waals surface area (Å²) >= 11 is 6.23. The summed E-state index contributed by atoms with van der Waals surface area (Å²) in [6, 6.07) is 7.70. The topological polar surface area (TPSA) is 52.7 Å². The number of amides is 2. The number of nitrogens with one attached hydrogen (secondary N) is 1. The van der Waals surface area contributed by atoms with Crippen LogP contribution in [0.1, 0.15) is 51.1 Å². The second-order valence-corrected chi connectivity index (χ2v) is 8.72. The Balaban J connectivity index is 1.43. The highest BCUT2D eigenvalue weighted by molar-refractivity contribution is 6.31. The van der Waals surface area contributed by atoms with E-state index in [2.05, 4.69) is 12.2 Å². The van der Waals surface area contributed by atoms with E-state index < -0.39 is 0 Å². The second kappa shape index (κ2) is 9.75. The lowest BCUT2D eigenvalue weighted by molar-refractivity contribution is -0.141. The van der Waals surface area contributed by atoms with Gasteiger partial charge in [-0.15, -0.1) is 0 Å². The number of carbonyl (C=O) groups excluding carboxylic acids is 2. The van der Waals surface area contributed by atoms with E-state index >= 15 is 0 Å². The van der Waals surface area contributed by atoms with E-state index in [1.807, 2.05) is 41.0 Å². The molecule has 2 amide bonds. The Morgan fingerprint density at radius 1 is 1.14 bits per heavy atom. The highest BCUT2D eigenvalue weighted by Crippen LogP contribution is 2.24. The quantitative estimate of drug-likeness (QED) is 0.815. The number of nitrogens with zero attached hydrogens (tertiary/aromatic N) is 2. The van der Waals surface area contributed by atoms with Crippen LogP contribution < -0.4 is 5.32 Å². The van der Waals surface area contributed by atoms with Gasteiger partial charge in [0.2, 0.25) is 11.8 Å². The predicted octanol–water partition coefficient (Wildman–Crippen LogP) is 3.49. The summed E-state index contributed by atoms with van der Waals surface area (Å²) in [5.74, 6) is 1.07. The Kier molecular flexibility index (Phi) is 7.36. The average Bonchev–Trinajstić information content (AvgIpc) is 2.71. The highest BCUT2D eigenvalue weighted by Gasteiger charge is 2.31. The minimum atomic E-state index is 0.0119. The molecule has 0 bridgehead atoms. The Morgan fingerprint density at radius 2 is 1.86 bits per heavy atom. The molecule has 0 aromatic heterocycles. The zero-order valence-electron chi connectivity index (χ0n) is 17.0. The zero-order valence-corrected chi connectivity index (χ0v) is 17.8. The molecule has 0 saturated carbocycles. The van der Waals surface area contributed by atoms with Gasteiger partial charge in [0.25, 0.3) is 0 Å². The summed E-state index contributed by atoms with van der Waals surface area (Å²) in [5, 5.41) is 3.99. The van der Waals surface area contributed by atoms with Crippen LogP contribution >= 0.6 is 11.6 Å². The van der Waals surface area contributed by atoms with Crippen molar-refractivity contribution in [3.8, 4) is 0 Å². The van der Waals surface area contributed by atoms with Gasteiger partial charge in [0.1, 0.15) is 0 Å². The Hall–Kier alpha value is -1.59. The van der Waals surface area contributed by atoms with Crippen molar-refractivity contribution in [2.45, 2.75) is 45.6 Å². The molecule has 0 radical (unpaired) electrons. The number of hydrogen-bond donors (Lipinski definition) is 1. The number of halogens is 1. The fraction of sp³-hybridized carbons (Fsp3) is 0.636. The third-order valence-electron chi connectivity index (χ3n) is 6.10. The molecule has 3 rings (SSSR count). The van der Waals surface area contributed by atoms with Gasteiger partial charge >= 0.3 is 0 Å². The molecular formula is C22H32ClN3O2. The van der Waals surface area contributed by atoms with Gasteiger partial charge in [-0.05, 0) is 50.2 Å². The minimum absolute atomic E-state index is 0.0119. The number of benzene rings is 1. The van der Waals surface area contributed by atoms with Crippen molar-refractivity contribution >= 4 is 23.4 Å². The minimum Gasteiger partial charge on any atom is -0.342 e. The summed E-state index contributed by atoms with van der Waals surface area (Å²) in [7, 11) is 0. The molecule has 2 fully saturated rings. The largest absolute Gasteiger partial charge is 0.342 e. The molecule has 2 unspecified atom stereocenters. The van der Waals surface area contributed by atoms with Crippen molar-refractivity contribution in [1.29, 1.82) is 0 Å². The fourth-order valence-electron chi connectivity index (χ4n) is 4.31. The van der Waals surface area contributed by atoms with Crippen molar-refractivity contribution in [2.75, 3.05) is 32.7 Å².